The lowest BCUT2D eigenvalue weighted by molar-refractivity contribution is 0.358. The number of hydrogen-bond donors (Lipinski definition) is 0. The van der Waals surface area contributed by atoms with Gasteiger partial charge in [0, 0.05) is 33.6 Å². The van der Waals surface area contributed by atoms with Crippen molar-refractivity contribution in [2.24, 2.45) is 0 Å². The Morgan fingerprint density at radius 1 is 1.47 bits per heavy atom. The number of hydrogen-bond acceptors (Lipinski definition) is 6. The Labute approximate surface area is 100 Å². The van der Waals surface area contributed by atoms with Crippen LogP contribution in [0.2, 0.25) is 0 Å². The molecule has 0 saturated carbocycles. The molecule has 17 heavy (non-hydrogen) atoms. The Morgan fingerprint density at radius 2 is 2.24 bits per heavy atom. The van der Waals surface area contributed by atoms with Crippen LogP contribution in [0.5, 0.6) is 0 Å². The van der Waals surface area contributed by atoms with Crippen LogP contribution in [0.1, 0.15) is 12.3 Å². The molecule has 2 rings (SSSR count). The van der Waals surface area contributed by atoms with Crippen LogP contribution in [0.15, 0.2) is 4.52 Å². The van der Waals surface area contributed by atoms with Crippen LogP contribution in [0.3, 0.4) is 0 Å². The van der Waals surface area contributed by atoms with Crippen LogP contribution in [0.4, 0.5) is 5.95 Å². The van der Waals surface area contributed by atoms with Gasteiger partial charge in [0.25, 0.3) is 5.95 Å². The Kier molecular flexibility index (Phi) is 3.34. The second kappa shape index (κ2) is 4.61. The van der Waals surface area contributed by atoms with E-state index in [-0.39, 0.29) is 5.75 Å². The summed E-state index contributed by atoms with van der Waals surface area (Å²) in [6.45, 7) is 1.01. The van der Waals surface area contributed by atoms with Gasteiger partial charge in [-0.05, 0) is 11.6 Å². The molecule has 1 saturated heterocycles. The van der Waals surface area contributed by atoms with E-state index in [1.807, 2.05) is 14.1 Å². The third-order valence-corrected chi connectivity index (χ3v) is 4.59. The molecule has 1 aromatic rings. The standard InChI is InChI=1S/C9H16N4O3S/c1-12(2)9-10-8(16-11-9)4-6-13-5-3-7-17(13,14)15/h3-7H2,1-2H3. The van der Waals surface area contributed by atoms with Crippen LogP contribution in [0.25, 0.3) is 0 Å². The molecule has 1 aromatic heterocycles. The van der Waals surface area contributed by atoms with Crippen molar-refractivity contribution >= 4 is 16.0 Å². The smallest absolute Gasteiger partial charge is 0.265 e. The van der Waals surface area contributed by atoms with E-state index in [2.05, 4.69) is 10.1 Å². The molecule has 8 heteroatoms. The fraction of sp³-hybridized carbons (Fsp3) is 0.778. The van der Waals surface area contributed by atoms with Gasteiger partial charge in [0.1, 0.15) is 0 Å². The van der Waals surface area contributed by atoms with E-state index in [4.69, 9.17) is 4.52 Å². The van der Waals surface area contributed by atoms with E-state index in [1.54, 1.807) is 4.90 Å². The average Bonchev–Trinajstić information content (AvgIpc) is 2.81. The summed E-state index contributed by atoms with van der Waals surface area (Å²) in [6, 6.07) is 0. The first kappa shape index (κ1) is 12.3. The minimum absolute atomic E-state index is 0.250. The van der Waals surface area contributed by atoms with E-state index < -0.39 is 10.0 Å². The Hall–Kier alpha value is -1.15. The summed E-state index contributed by atoms with van der Waals surface area (Å²) in [6.07, 6.45) is 1.16. The maximum Gasteiger partial charge on any atom is 0.265 e. The molecular formula is C9H16N4O3S. The molecule has 0 amide bonds. The lowest BCUT2D eigenvalue weighted by Crippen LogP contribution is -2.28. The highest BCUT2D eigenvalue weighted by Crippen LogP contribution is 2.14. The topological polar surface area (TPSA) is 79.5 Å². The number of aromatic nitrogens is 2. The Morgan fingerprint density at radius 3 is 2.76 bits per heavy atom. The van der Waals surface area contributed by atoms with Gasteiger partial charge in [0.2, 0.25) is 15.9 Å². The van der Waals surface area contributed by atoms with Crippen molar-refractivity contribution in [1.82, 2.24) is 14.4 Å². The zero-order valence-corrected chi connectivity index (χ0v) is 10.8. The average molecular weight is 260 g/mol. The predicted molar refractivity (Wildman–Crippen MR) is 62.3 cm³/mol. The molecule has 0 N–H and O–H groups in total. The minimum Gasteiger partial charge on any atom is -0.344 e. The molecule has 1 aliphatic rings. The van der Waals surface area contributed by atoms with Gasteiger partial charge in [-0.2, -0.15) is 4.98 Å². The molecule has 0 aromatic carbocycles. The zero-order valence-electron chi connectivity index (χ0n) is 9.96. The lowest BCUT2D eigenvalue weighted by atomic mass is 10.4. The first-order valence-corrected chi connectivity index (χ1v) is 7.08. The van der Waals surface area contributed by atoms with E-state index in [0.29, 0.717) is 37.8 Å². The fourth-order valence-corrected chi connectivity index (χ4v) is 3.22. The van der Waals surface area contributed by atoms with Gasteiger partial charge in [0.05, 0.1) is 5.75 Å². The summed E-state index contributed by atoms with van der Waals surface area (Å²) in [5.41, 5.74) is 0. The van der Waals surface area contributed by atoms with E-state index in [9.17, 15) is 8.42 Å². The highest BCUT2D eigenvalue weighted by Gasteiger charge is 2.28. The van der Waals surface area contributed by atoms with Crippen molar-refractivity contribution < 1.29 is 12.9 Å². The SMILES string of the molecule is CN(C)c1noc(CCN2CCCS2(=O)=O)n1. The molecule has 7 nitrogen and oxygen atoms in total. The van der Waals surface area contributed by atoms with Crippen LogP contribution in [0, 0.1) is 0 Å². The van der Waals surface area contributed by atoms with Crippen molar-refractivity contribution in [3.63, 3.8) is 0 Å². The molecule has 0 unspecified atom stereocenters. The number of rotatable bonds is 4. The Balaban J connectivity index is 1.94. The second-order valence-corrected chi connectivity index (χ2v) is 6.29. The van der Waals surface area contributed by atoms with Crippen molar-refractivity contribution in [3.05, 3.63) is 5.89 Å². The van der Waals surface area contributed by atoms with Crippen LogP contribution in [-0.2, 0) is 16.4 Å². The number of nitrogens with zero attached hydrogens (tertiary/aromatic N) is 4. The molecule has 1 fully saturated rings. The lowest BCUT2D eigenvalue weighted by Gasteiger charge is -2.11. The molecule has 0 atom stereocenters. The fourth-order valence-electron chi connectivity index (χ4n) is 1.69. The molecule has 2 heterocycles. The molecule has 0 radical (unpaired) electrons. The number of sulfonamides is 1. The third-order valence-electron chi connectivity index (χ3n) is 2.64. The first-order valence-electron chi connectivity index (χ1n) is 5.47. The Bertz CT molecular complexity index is 482. The van der Waals surface area contributed by atoms with Crippen LogP contribution in [-0.4, -0.2) is 55.8 Å². The highest BCUT2D eigenvalue weighted by molar-refractivity contribution is 7.89. The van der Waals surface area contributed by atoms with Gasteiger partial charge in [-0.25, -0.2) is 12.7 Å². The van der Waals surface area contributed by atoms with Crippen molar-refractivity contribution in [2.45, 2.75) is 12.8 Å². The van der Waals surface area contributed by atoms with Gasteiger partial charge in [0.15, 0.2) is 0 Å². The van der Waals surface area contributed by atoms with E-state index in [1.165, 1.54) is 4.31 Å². The summed E-state index contributed by atoms with van der Waals surface area (Å²) in [5, 5.41) is 3.77. The molecule has 96 valence electrons. The summed E-state index contributed by atoms with van der Waals surface area (Å²) < 4.78 is 29.6. The molecule has 0 aliphatic carbocycles. The van der Waals surface area contributed by atoms with Crippen LogP contribution < -0.4 is 4.90 Å². The summed E-state index contributed by atoms with van der Waals surface area (Å²) >= 11 is 0. The number of anilines is 1. The van der Waals surface area contributed by atoms with Gasteiger partial charge >= 0.3 is 0 Å². The maximum atomic E-state index is 11.5. The summed E-state index contributed by atoms with van der Waals surface area (Å²) in [7, 11) is 0.604. The van der Waals surface area contributed by atoms with Gasteiger partial charge in [-0.15, -0.1) is 0 Å². The quantitative estimate of drug-likeness (QED) is 0.740. The van der Waals surface area contributed by atoms with Crippen molar-refractivity contribution in [1.29, 1.82) is 0 Å². The van der Waals surface area contributed by atoms with E-state index >= 15 is 0 Å². The first-order chi connectivity index (χ1) is 7.99. The van der Waals surface area contributed by atoms with Crippen molar-refractivity contribution in [3.8, 4) is 0 Å². The molecular weight excluding hydrogens is 244 g/mol. The molecule has 0 spiro atoms. The van der Waals surface area contributed by atoms with Crippen LogP contribution >= 0.6 is 0 Å². The van der Waals surface area contributed by atoms with Gasteiger partial charge in [-0.1, -0.05) is 0 Å². The third kappa shape index (κ3) is 2.75. The molecule has 1 aliphatic heterocycles. The summed E-state index contributed by atoms with van der Waals surface area (Å²) in [4.78, 5) is 5.88. The monoisotopic (exact) mass is 260 g/mol. The zero-order chi connectivity index (χ0) is 12.5. The summed E-state index contributed by atoms with van der Waals surface area (Å²) in [5.74, 6) is 1.22. The highest BCUT2D eigenvalue weighted by atomic mass is 32.2. The second-order valence-electron chi connectivity index (χ2n) is 4.20. The van der Waals surface area contributed by atoms with E-state index in [0.717, 1.165) is 0 Å². The molecule has 0 bridgehead atoms. The predicted octanol–water partition coefficient (Wildman–Crippen LogP) is -0.286. The van der Waals surface area contributed by atoms with Gasteiger partial charge < -0.3 is 9.42 Å². The minimum atomic E-state index is -3.03. The van der Waals surface area contributed by atoms with Crippen molar-refractivity contribution in [2.75, 3.05) is 37.8 Å². The van der Waals surface area contributed by atoms with Gasteiger partial charge in [-0.3, -0.25) is 0 Å². The normalized spacial score (nSPS) is 19.6. The maximum absolute atomic E-state index is 11.5. The largest absolute Gasteiger partial charge is 0.344 e.